The number of nitrogens with two attached hydrogens (primary N) is 1. The molecule has 6 nitrogen and oxygen atoms in total. The summed E-state index contributed by atoms with van der Waals surface area (Å²) in [5.41, 5.74) is 7.64. The first kappa shape index (κ1) is 12.7. The van der Waals surface area contributed by atoms with Gasteiger partial charge in [-0.3, -0.25) is 4.79 Å². The molecule has 1 aromatic heterocycles. The van der Waals surface area contributed by atoms with Gasteiger partial charge >= 0.3 is 0 Å². The molecule has 2 heterocycles. The fourth-order valence-corrected chi connectivity index (χ4v) is 2.39. The van der Waals surface area contributed by atoms with Crippen molar-refractivity contribution in [3.05, 3.63) is 35.5 Å². The molecule has 104 valence electrons. The smallest absolute Gasteiger partial charge is 0.273 e. The lowest BCUT2D eigenvalue weighted by molar-refractivity contribution is 0.0995. The first-order valence-corrected chi connectivity index (χ1v) is 6.74. The van der Waals surface area contributed by atoms with Crippen molar-refractivity contribution in [2.45, 2.75) is 19.8 Å². The van der Waals surface area contributed by atoms with Gasteiger partial charge in [-0.15, -0.1) is 15.0 Å². The molecular formula is C14H17N5O. The molecule has 20 heavy (non-hydrogen) atoms. The summed E-state index contributed by atoms with van der Waals surface area (Å²) < 4.78 is 0. The highest BCUT2D eigenvalue weighted by Crippen LogP contribution is 2.22. The van der Waals surface area contributed by atoms with Crippen molar-refractivity contribution in [1.82, 2.24) is 15.0 Å². The molecule has 1 saturated heterocycles. The molecule has 1 aliphatic rings. The molecule has 3 rings (SSSR count). The molecule has 2 aromatic rings. The maximum absolute atomic E-state index is 11.6. The topological polar surface area (TPSA) is 77.0 Å². The monoisotopic (exact) mass is 271 g/mol. The fourth-order valence-electron chi connectivity index (χ4n) is 2.39. The summed E-state index contributed by atoms with van der Waals surface area (Å²) in [6.07, 6.45) is 2.21. The Morgan fingerprint density at radius 1 is 1.15 bits per heavy atom. The van der Waals surface area contributed by atoms with Gasteiger partial charge in [0.05, 0.1) is 5.69 Å². The second-order valence-corrected chi connectivity index (χ2v) is 5.06. The van der Waals surface area contributed by atoms with E-state index in [1.165, 1.54) is 4.80 Å². The quantitative estimate of drug-likeness (QED) is 0.912. The third-order valence-electron chi connectivity index (χ3n) is 3.50. The van der Waals surface area contributed by atoms with Crippen molar-refractivity contribution < 1.29 is 4.79 Å². The summed E-state index contributed by atoms with van der Waals surface area (Å²) >= 11 is 0. The van der Waals surface area contributed by atoms with Crippen LogP contribution >= 0.6 is 0 Å². The average Bonchev–Trinajstić information content (AvgIpc) is 3.08. The highest BCUT2D eigenvalue weighted by atomic mass is 16.1. The third kappa shape index (κ3) is 2.24. The number of carbonyl (C=O) groups is 1. The van der Waals surface area contributed by atoms with E-state index >= 15 is 0 Å². The van der Waals surface area contributed by atoms with Crippen LogP contribution in [-0.2, 0) is 0 Å². The van der Waals surface area contributed by atoms with Crippen LogP contribution in [0, 0.1) is 6.92 Å². The first-order chi connectivity index (χ1) is 9.65. The summed E-state index contributed by atoms with van der Waals surface area (Å²) in [4.78, 5) is 15.1. The van der Waals surface area contributed by atoms with Gasteiger partial charge in [0, 0.05) is 13.1 Å². The molecule has 2 N–H and O–H groups in total. The van der Waals surface area contributed by atoms with Gasteiger partial charge in [-0.1, -0.05) is 17.7 Å². The largest absolute Gasteiger partial charge is 0.364 e. The number of carbonyl (C=O) groups excluding carboxylic acids is 1. The maximum atomic E-state index is 11.6. The van der Waals surface area contributed by atoms with Gasteiger partial charge in [-0.05, 0) is 31.9 Å². The van der Waals surface area contributed by atoms with E-state index < -0.39 is 5.91 Å². The Hall–Kier alpha value is -2.37. The lowest BCUT2D eigenvalue weighted by Gasteiger charge is -2.13. The van der Waals surface area contributed by atoms with Gasteiger partial charge < -0.3 is 10.6 Å². The van der Waals surface area contributed by atoms with Crippen molar-refractivity contribution in [1.29, 1.82) is 0 Å². The van der Waals surface area contributed by atoms with Gasteiger partial charge in [0.2, 0.25) is 0 Å². The van der Waals surface area contributed by atoms with E-state index in [-0.39, 0.29) is 5.69 Å². The Morgan fingerprint density at radius 2 is 1.80 bits per heavy atom. The first-order valence-electron chi connectivity index (χ1n) is 6.74. The van der Waals surface area contributed by atoms with Crippen molar-refractivity contribution in [2.24, 2.45) is 5.73 Å². The van der Waals surface area contributed by atoms with Crippen molar-refractivity contribution >= 4 is 11.7 Å². The molecule has 0 bridgehead atoms. The Balaban J connectivity index is 2.02. The van der Waals surface area contributed by atoms with Crippen molar-refractivity contribution in [3.63, 3.8) is 0 Å². The maximum Gasteiger partial charge on any atom is 0.273 e. The molecule has 0 atom stereocenters. The van der Waals surface area contributed by atoms with Crippen molar-refractivity contribution in [2.75, 3.05) is 18.0 Å². The molecule has 0 saturated carbocycles. The van der Waals surface area contributed by atoms with E-state index in [4.69, 9.17) is 5.73 Å². The highest BCUT2D eigenvalue weighted by molar-refractivity contribution is 5.95. The normalized spacial score (nSPS) is 14.8. The molecule has 6 heteroatoms. The number of anilines is 1. The van der Waals surface area contributed by atoms with E-state index in [0.29, 0.717) is 5.82 Å². The van der Waals surface area contributed by atoms with Gasteiger partial charge in [0.15, 0.2) is 11.5 Å². The van der Waals surface area contributed by atoms with E-state index in [0.717, 1.165) is 37.2 Å². The summed E-state index contributed by atoms with van der Waals surface area (Å²) in [6.45, 7) is 3.81. The number of amides is 1. The fraction of sp³-hybridized carbons (Fsp3) is 0.357. The van der Waals surface area contributed by atoms with E-state index in [1.807, 2.05) is 31.2 Å². The third-order valence-corrected chi connectivity index (χ3v) is 3.50. The van der Waals surface area contributed by atoms with Crippen LogP contribution in [0.3, 0.4) is 0 Å². The van der Waals surface area contributed by atoms with Crippen LogP contribution in [0.1, 0.15) is 28.9 Å². The predicted octanol–water partition coefficient (Wildman–Crippen LogP) is 1.27. The molecule has 1 fully saturated rings. The van der Waals surface area contributed by atoms with Gasteiger partial charge in [-0.2, -0.15) is 0 Å². The summed E-state index contributed by atoms with van der Waals surface area (Å²) in [5, 5.41) is 8.69. The molecule has 0 spiro atoms. The Morgan fingerprint density at radius 3 is 2.40 bits per heavy atom. The zero-order chi connectivity index (χ0) is 14.1. The van der Waals surface area contributed by atoms with Crippen LogP contribution in [0.2, 0.25) is 0 Å². The van der Waals surface area contributed by atoms with Crippen LogP contribution in [0.4, 0.5) is 5.82 Å². The van der Waals surface area contributed by atoms with E-state index in [9.17, 15) is 4.79 Å². The Labute approximate surface area is 117 Å². The summed E-state index contributed by atoms with van der Waals surface area (Å²) in [7, 11) is 0. The standard InChI is InChI=1S/C14H17N5O/c1-10-4-6-11(7-5-10)19-16-12(13(15)20)14(17-19)18-8-2-3-9-18/h4-7H,2-3,8-9H2,1H3,(H2,15,20). The molecular weight excluding hydrogens is 254 g/mol. The van der Waals surface area contributed by atoms with Crippen LogP contribution in [0.15, 0.2) is 24.3 Å². The minimum atomic E-state index is -0.537. The molecule has 1 amide bonds. The lowest BCUT2D eigenvalue weighted by atomic mass is 10.2. The Kier molecular flexibility index (Phi) is 3.14. The second kappa shape index (κ2) is 4.96. The lowest BCUT2D eigenvalue weighted by Crippen LogP contribution is -2.23. The van der Waals surface area contributed by atoms with E-state index in [2.05, 4.69) is 15.1 Å². The molecule has 1 aromatic carbocycles. The summed E-state index contributed by atoms with van der Waals surface area (Å²) in [6, 6.07) is 7.82. The van der Waals surface area contributed by atoms with E-state index in [1.54, 1.807) is 0 Å². The molecule has 0 unspecified atom stereocenters. The van der Waals surface area contributed by atoms with Crippen LogP contribution in [0.25, 0.3) is 5.69 Å². The SMILES string of the molecule is Cc1ccc(-n2nc(C(N)=O)c(N3CCCC3)n2)cc1. The minimum absolute atomic E-state index is 0.243. The average molecular weight is 271 g/mol. The number of hydrogen-bond acceptors (Lipinski definition) is 4. The number of benzene rings is 1. The van der Waals surface area contributed by atoms with Gasteiger partial charge in [0.25, 0.3) is 5.91 Å². The number of aryl methyl sites for hydroxylation is 1. The zero-order valence-electron chi connectivity index (χ0n) is 11.4. The van der Waals surface area contributed by atoms with Gasteiger partial charge in [-0.25, -0.2) is 0 Å². The highest BCUT2D eigenvalue weighted by Gasteiger charge is 2.24. The molecule has 0 radical (unpaired) electrons. The van der Waals surface area contributed by atoms with Crippen molar-refractivity contribution in [3.8, 4) is 5.69 Å². The van der Waals surface area contributed by atoms with Gasteiger partial charge in [0.1, 0.15) is 0 Å². The zero-order valence-corrected chi connectivity index (χ0v) is 11.4. The number of aromatic nitrogens is 3. The number of rotatable bonds is 3. The molecule has 1 aliphatic heterocycles. The minimum Gasteiger partial charge on any atom is -0.364 e. The Bertz CT molecular complexity index is 626. The predicted molar refractivity (Wildman–Crippen MR) is 76.1 cm³/mol. The second-order valence-electron chi connectivity index (χ2n) is 5.06. The number of nitrogens with zero attached hydrogens (tertiary/aromatic N) is 4. The van der Waals surface area contributed by atoms with Crippen LogP contribution in [-0.4, -0.2) is 34.0 Å². The van der Waals surface area contributed by atoms with Crippen LogP contribution < -0.4 is 10.6 Å². The number of primary amides is 1. The molecule has 0 aliphatic carbocycles. The van der Waals surface area contributed by atoms with Crippen LogP contribution in [0.5, 0.6) is 0 Å². The number of hydrogen-bond donors (Lipinski definition) is 1. The summed E-state index contributed by atoms with van der Waals surface area (Å²) in [5.74, 6) is 0.0563.